The molecule has 5 rings (SSSR count). The van der Waals surface area contributed by atoms with E-state index in [1.165, 1.54) is 6.07 Å². The van der Waals surface area contributed by atoms with E-state index in [0.29, 0.717) is 43.1 Å². The third-order valence-electron chi connectivity index (χ3n) is 7.36. The van der Waals surface area contributed by atoms with Crippen molar-refractivity contribution in [2.75, 3.05) is 18.4 Å². The molecule has 2 fully saturated rings. The topological polar surface area (TPSA) is 178 Å². The van der Waals surface area contributed by atoms with Crippen LogP contribution in [0.5, 0.6) is 0 Å². The standard InChI is InChI=1S/C28H31N7O6/c1-28(2,3)41-27(40)34-11-9-15(10-12-34)23-31-18(13-29)19(32-23)14-30-17-6-4-5-16-22(17)26(39)35(25(16)38)20-7-8-21(36)33-24(20)37/h4-6,15,20,30H,7-12,14H2,1-3H3,(H,31,32)(H,33,36,37). The summed E-state index contributed by atoms with van der Waals surface area (Å²) in [6.45, 7) is 6.61. The second kappa shape index (κ2) is 10.7. The molecule has 0 radical (unpaired) electrons. The number of carbonyl (C=O) groups excluding carboxylic acids is 5. The van der Waals surface area contributed by atoms with Gasteiger partial charge < -0.3 is 19.9 Å². The van der Waals surface area contributed by atoms with Crippen molar-refractivity contribution < 1.29 is 28.7 Å². The van der Waals surface area contributed by atoms with Crippen LogP contribution >= 0.6 is 0 Å². The molecule has 0 aliphatic carbocycles. The number of nitrogens with zero attached hydrogens (tertiary/aromatic N) is 4. The highest BCUT2D eigenvalue weighted by atomic mass is 16.6. The molecule has 3 N–H and O–H groups in total. The molecule has 1 aromatic heterocycles. The number of H-pyrrole nitrogens is 1. The van der Waals surface area contributed by atoms with Gasteiger partial charge in [0.15, 0.2) is 5.69 Å². The van der Waals surface area contributed by atoms with E-state index >= 15 is 0 Å². The summed E-state index contributed by atoms with van der Waals surface area (Å²) in [5, 5.41) is 15.0. The number of benzene rings is 1. The Kier molecular flexibility index (Phi) is 7.25. The van der Waals surface area contributed by atoms with E-state index in [0.717, 1.165) is 4.90 Å². The fourth-order valence-corrected chi connectivity index (χ4v) is 5.35. The Bertz CT molecular complexity index is 1480. The number of piperidine rings is 2. The van der Waals surface area contributed by atoms with Crippen molar-refractivity contribution in [2.45, 2.75) is 70.6 Å². The molecule has 214 valence electrons. The molecule has 5 amide bonds. The number of rotatable bonds is 5. The van der Waals surface area contributed by atoms with Crippen LogP contribution in [0.15, 0.2) is 18.2 Å². The third-order valence-corrected chi connectivity index (χ3v) is 7.36. The number of aromatic amines is 1. The highest BCUT2D eigenvalue weighted by Crippen LogP contribution is 2.33. The summed E-state index contributed by atoms with van der Waals surface area (Å²) in [5.74, 6) is -1.66. The van der Waals surface area contributed by atoms with Gasteiger partial charge in [0.25, 0.3) is 11.8 Å². The molecule has 2 aromatic rings. The van der Waals surface area contributed by atoms with Crippen LogP contribution in [0, 0.1) is 11.3 Å². The Morgan fingerprint density at radius 3 is 2.54 bits per heavy atom. The van der Waals surface area contributed by atoms with Gasteiger partial charge in [-0.05, 0) is 52.2 Å². The van der Waals surface area contributed by atoms with Gasteiger partial charge in [-0.2, -0.15) is 5.26 Å². The Balaban J connectivity index is 1.27. The van der Waals surface area contributed by atoms with E-state index in [1.807, 2.05) is 20.8 Å². The lowest BCUT2D eigenvalue weighted by molar-refractivity contribution is -0.136. The van der Waals surface area contributed by atoms with Crippen molar-refractivity contribution in [3.8, 4) is 6.07 Å². The second-order valence-corrected chi connectivity index (χ2v) is 11.3. The molecule has 3 aliphatic heterocycles. The summed E-state index contributed by atoms with van der Waals surface area (Å²) in [7, 11) is 0. The maximum absolute atomic E-state index is 13.3. The van der Waals surface area contributed by atoms with Gasteiger partial charge in [-0.25, -0.2) is 9.78 Å². The number of anilines is 1. The minimum absolute atomic E-state index is 0.0248. The first kappa shape index (κ1) is 27.8. The highest BCUT2D eigenvalue weighted by Gasteiger charge is 2.45. The Morgan fingerprint density at radius 1 is 1.15 bits per heavy atom. The molecular formula is C28H31N7O6. The number of hydrogen-bond donors (Lipinski definition) is 3. The molecule has 4 heterocycles. The van der Waals surface area contributed by atoms with Crippen molar-refractivity contribution in [2.24, 2.45) is 0 Å². The van der Waals surface area contributed by atoms with Gasteiger partial charge in [-0.1, -0.05) is 6.07 Å². The molecule has 41 heavy (non-hydrogen) atoms. The number of amides is 5. The first-order chi connectivity index (χ1) is 19.5. The third kappa shape index (κ3) is 5.50. The van der Waals surface area contributed by atoms with Crippen molar-refractivity contribution in [1.82, 2.24) is 25.1 Å². The molecule has 1 atom stereocenters. The van der Waals surface area contributed by atoms with Crippen molar-refractivity contribution in [3.05, 3.63) is 46.5 Å². The minimum Gasteiger partial charge on any atom is -0.444 e. The van der Waals surface area contributed by atoms with Gasteiger partial charge in [0, 0.05) is 31.1 Å². The summed E-state index contributed by atoms with van der Waals surface area (Å²) < 4.78 is 5.46. The monoisotopic (exact) mass is 561 g/mol. The molecule has 13 nitrogen and oxygen atoms in total. The smallest absolute Gasteiger partial charge is 0.410 e. The predicted octanol–water partition coefficient (Wildman–Crippen LogP) is 2.41. The van der Waals surface area contributed by atoms with Gasteiger partial charge in [0.2, 0.25) is 11.8 Å². The average molecular weight is 562 g/mol. The van der Waals surface area contributed by atoms with E-state index in [1.54, 1.807) is 17.0 Å². The fourth-order valence-electron chi connectivity index (χ4n) is 5.35. The van der Waals surface area contributed by atoms with Crippen LogP contribution in [-0.2, 0) is 20.9 Å². The van der Waals surface area contributed by atoms with Crippen LogP contribution < -0.4 is 10.6 Å². The van der Waals surface area contributed by atoms with E-state index in [2.05, 4.69) is 26.7 Å². The van der Waals surface area contributed by atoms with Gasteiger partial charge in [-0.15, -0.1) is 0 Å². The Labute approximate surface area is 236 Å². The van der Waals surface area contributed by atoms with Gasteiger partial charge in [0.05, 0.1) is 23.4 Å². The number of fused-ring (bicyclic) bond motifs is 1. The number of carbonyl (C=O) groups is 5. The molecule has 0 bridgehead atoms. The number of aromatic nitrogens is 2. The fraction of sp³-hybridized carbons (Fsp3) is 0.464. The number of imide groups is 2. The first-order valence-corrected chi connectivity index (χ1v) is 13.5. The Morgan fingerprint density at radius 2 is 1.88 bits per heavy atom. The van der Waals surface area contributed by atoms with Crippen LogP contribution in [0.4, 0.5) is 10.5 Å². The largest absolute Gasteiger partial charge is 0.444 e. The molecule has 1 aromatic carbocycles. The highest BCUT2D eigenvalue weighted by molar-refractivity contribution is 6.25. The summed E-state index contributed by atoms with van der Waals surface area (Å²) in [6.07, 6.45) is 1.07. The molecular weight excluding hydrogens is 530 g/mol. The molecule has 0 saturated carbocycles. The van der Waals surface area contributed by atoms with Crippen molar-refractivity contribution in [1.29, 1.82) is 5.26 Å². The maximum atomic E-state index is 13.3. The van der Waals surface area contributed by atoms with Gasteiger partial charge in [0.1, 0.15) is 23.5 Å². The second-order valence-electron chi connectivity index (χ2n) is 11.3. The molecule has 1 unspecified atom stereocenters. The first-order valence-electron chi connectivity index (χ1n) is 13.5. The lowest BCUT2D eigenvalue weighted by Crippen LogP contribution is -2.54. The zero-order chi connectivity index (χ0) is 29.5. The number of imidazole rings is 1. The zero-order valence-electron chi connectivity index (χ0n) is 23.1. The normalized spacial score (nSPS) is 19.6. The van der Waals surface area contributed by atoms with Gasteiger partial charge in [-0.3, -0.25) is 29.4 Å². The van der Waals surface area contributed by atoms with Crippen LogP contribution in [0.25, 0.3) is 0 Å². The molecule has 3 aliphatic rings. The number of hydrogen-bond acceptors (Lipinski definition) is 9. The van der Waals surface area contributed by atoms with Crippen LogP contribution in [-0.4, -0.2) is 74.2 Å². The quantitative estimate of drug-likeness (QED) is 0.462. The maximum Gasteiger partial charge on any atom is 0.410 e. The lowest BCUT2D eigenvalue weighted by Gasteiger charge is -2.32. The van der Waals surface area contributed by atoms with Crippen LogP contribution in [0.1, 0.15) is 90.3 Å². The number of nitriles is 1. The lowest BCUT2D eigenvalue weighted by atomic mass is 9.96. The zero-order valence-corrected chi connectivity index (χ0v) is 23.1. The summed E-state index contributed by atoms with van der Waals surface area (Å²) in [5.41, 5.74) is 0.831. The summed E-state index contributed by atoms with van der Waals surface area (Å²) >= 11 is 0. The van der Waals surface area contributed by atoms with Gasteiger partial charge >= 0.3 is 6.09 Å². The van der Waals surface area contributed by atoms with E-state index in [4.69, 9.17) is 4.74 Å². The summed E-state index contributed by atoms with van der Waals surface area (Å²) in [4.78, 5) is 73.1. The SMILES string of the molecule is CC(C)(C)OC(=O)N1CCC(c2nc(C#N)c(CNc3cccc4c3C(=O)N(C3CCC(=O)NC3=O)C4=O)[nH]2)CC1. The predicted molar refractivity (Wildman–Crippen MR) is 144 cm³/mol. The minimum atomic E-state index is -1.06. The molecule has 0 spiro atoms. The van der Waals surface area contributed by atoms with E-state index < -0.39 is 35.3 Å². The van der Waals surface area contributed by atoms with Crippen molar-refractivity contribution >= 4 is 35.4 Å². The van der Waals surface area contributed by atoms with Crippen molar-refractivity contribution in [3.63, 3.8) is 0 Å². The average Bonchev–Trinajstić information content (AvgIpc) is 3.45. The number of nitrogens with one attached hydrogen (secondary N) is 3. The molecule has 2 saturated heterocycles. The van der Waals surface area contributed by atoms with E-state index in [9.17, 15) is 29.2 Å². The summed E-state index contributed by atoms with van der Waals surface area (Å²) in [6, 6.07) is 5.84. The van der Waals surface area contributed by atoms with Crippen LogP contribution in [0.3, 0.4) is 0 Å². The Hall–Kier alpha value is -4.73. The molecule has 13 heteroatoms. The number of ether oxygens (including phenoxy) is 1. The van der Waals surface area contributed by atoms with E-state index in [-0.39, 0.29) is 48.2 Å². The van der Waals surface area contributed by atoms with Crippen LogP contribution in [0.2, 0.25) is 0 Å². The number of likely N-dealkylation sites (tertiary alicyclic amines) is 1.